The predicted octanol–water partition coefficient (Wildman–Crippen LogP) is 8.58. The number of benzene rings is 4. The molecule has 0 aliphatic carbocycles. The van der Waals surface area contributed by atoms with Gasteiger partial charge in [0.1, 0.15) is 35.4 Å². The average Bonchev–Trinajstić information content (AvgIpc) is 0.799. The Morgan fingerprint density at radius 1 is 0.355 bits per heavy atom. The molecule has 0 saturated heterocycles. The molecular formula is C78H108F6N28O8S4. The maximum absolute atomic E-state index is 14.9. The van der Waals surface area contributed by atoms with E-state index >= 15 is 0 Å². The summed E-state index contributed by atoms with van der Waals surface area (Å²) in [5, 5.41) is 55.7. The third-order valence-corrected chi connectivity index (χ3v) is 22.3. The van der Waals surface area contributed by atoms with Gasteiger partial charge in [-0.15, -0.1) is 47.0 Å². The molecule has 2 aromatic heterocycles. The van der Waals surface area contributed by atoms with Crippen molar-refractivity contribution in [1.82, 2.24) is 41.2 Å². The van der Waals surface area contributed by atoms with Gasteiger partial charge in [0.25, 0.3) is 23.6 Å². The molecule has 36 nitrogen and oxygen atoms in total. The number of carbonyl (C=O) groups is 8. The highest BCUT2D eigenvalue weighted by molar-refractivity contribution is 8.00. The zero-order chi connectivity index (χ0) is 91.5. The SMILES string of the molecule is CC(C)(C)c1cc(NC(=O)CCCCN)c(SCCNC(=N)N)c(NC(=O)c2cc(C(=O)Nc3cc(C(C)(C)CN=C(N)NCCSc4c(NC(=O)CCCCN)cc(C(F)(F)F)cc4NC(=O)c4cc(C(=O)Nc5cc(C(F)(F)F)cc(NC(=O)CCCCN)c5SCCNC(=N)N)ncn4)cc(NC(=O)CCCCN)c3SCCNC(=N)N)ncn2)c1. The summed E-state index contributed by atoms with van der Waals surface area (Å²) >= 11 is 4.21. The Hall–Kier alpha value is -11.3. The normalized spacial score (nSPS) is 11.7. The number of nitrogens with zero attached hydrogens (tertiary/aromatic N) is 5. The molecule has 124 heavy (non-hydrogen) atoms. The van der Waals surface area contributed by atoms with Gasteiger partial charge in [0, 0.05) is 92.4 Å². The zero-order valence-electron chi connectivity index (χ0n) is 69.1. The molecule has 6 aromatic rings. The Kier molecular flexibility index (Phi) is 40.3. The van der Waals surface area contributed by atoms with Crippen molar-refractivity contribution in [3.8, 4) is 0 Å². The van der Waals surface area contributed by atoms with Crippen LogP contribution in [0.2, 0.25) is 0 Å². The second-order valence-electron chi connectivity index (χ2n) is 29.3. The van der Waals surface area contributed by atoms with Crippen LogP contribution < -0.4 is 110 Å². The van der Waals surface area contributed by atoms with Crippen LogP contribution in [-0.4, -0.2) is 173 Å². The van der Waals surface area contributed by atoms with Crippen molar-refractivity contribution in [2.24, 2.45) is 50.9 Å². The van der Waals surface area contributed by atoms with Crippen molar-refractivity contribution in [2.45, 2.75) is 154 Å². The van der Waals surface area contributed by atoms with E-state index in [1.807, 2.05) is 26.8 Å². The maximum Gasteiger partial charge on any atom is 0.416 e. The Morgan fingerprint density at radius 3 is 0.839 bits per heavy atom. The number of aliphatic imine (C=N–C) groups is 1. The first-order valence-electron chi connectivity index (χ1n) is 39.2. The molecule has 8 amide bonds. The van der Waals surface area contributed by atoms with E-state index in [2.05, 4.69) is 88.7 Å². The van der Waals surface area contributed by atoms with Crippen LogP contribution in [0.25, 0.3) is 0 Å². The molecule has 4 aromatic carbocycles. The number of halogens is 6. The summed E-state index contributed by atoms with van der Waals surface area (Å²) in [6, 6.07) is 11.5. The van der Waals surface area contributed by atoms with Crippen molar-refractivity contribution < 1.29 is 64.7 Å². The largest absolute Gasteiger partial charge is 0.416 e. The number of aromatic nitrogens is 4. The Morgan fingerprint density at radius 2 is 0.597 bits per heavy atom. The van der Waals surface area contributed by atoms with Crippen molar-refractivity contribution in [1.29, 1.82) is 16.2 Å². The topological polar surface area (TPSA) is 625 Å². The number of amides is 8. The number of hydrogen-bond acceptors (Lipinski definition) is 24. The van der Waals surface area contributed by atoms with Gasteiger partial charge >= 0.3 is 12.4 Å². The highest BCUT2D eigenvalue weighted by Gasteiger charge is 2.36. The zero-order valence-corrected chi connectivity index (χ0v) is 72.4. The smallest absolute Gasteiger partial charge is 0.370 e. The Balaban J connectivity index is 1.32. The highest BCUT2D eigenvalue weighted by Crippen LogP contribution is 2.46. The molecule has 46 heteroatoms. The molecule has 0 saturated carbocycles. The lowest BCUT2D eigenvalue weighted by molar-refractivity contribution is -0.138. The van der Waals surface area contributed by atoms with Crippen LogP contribution in [0.3, 0.4) is 0 Å². The molecular weight excluding hydrogens is 1700 g/mol. The van der Waals surface area contributed by atoms with E-state index in [0.717, 1.165) is 47.8 Å². The fourth-order valence-corrected chi connectivity index (χ4v) is 15.1. The molecule has 0 aliphatic rings. The number of nitrogens with two attached hydrogens (primary N) is 8. The molecule has 6 rings (SSSR count). The third-order valence-electron chi connectivity index (χ3n) is 17.7. The Labute approximate surface area is 729 Å². The van der Waals surface area contributed by atoms with E-state index < -0.39 is 104 Å². The van der Waals surface area contributed by atoms with Crippen LogP contribution in [0.15, 0.2) is 97.9 Å². The summed E-state index contributed by atoms with van der Waals surface area (Å²) in [7, 11) is 0. The van der Waals surface area contributed by atoms with Crippen molar-refractivity contribution in [3.63, 3.8) is 0 Å². The second kappa shape index (κ2) is 49.3. The summed E-state index contributed by atoms with van der Waals surface area (Å²) in [6.45, 7) is 10.9. The minimum absolute atomic E-state index is 0.0109. The summed E-state index contributed by atoms with van der Waals surface area (Å²) < 4.78 is 88.5. The van der Waals surface area contributed by atoms with Gasteiger partial charge in [0.2, 0.25) is 23.6 Å². The minimum Gasteiger partial charge on any atom is -0.370 e. The fraction of sp³-hybridized carbons (Fsp3) is 0.436. The monoisotopic (exact) mass is 1810 g/mol. The Bertz CT molecular complexity index is 4810. The first-order chi connectivity index (χ1) is 58.6. The molecule has 0 bridgehead atoms. The van der Waals surface area contributed by atoms with Crippen LogP contribution in [-0.2, 0) is 42.4 Å². The van der Waals surface area contributed by atoms with Crippen LogP contribution >= 0.6 is 47.0 Å². The van der Waals surface area contributed by atoms with Gasteiger partial charge < -0.3 is 110 Å². The number of thioether (sulfide) groups is 4. The molecule has 2 heterocycles. The van der Waals surface area contributed by atoms with Gasteiger partial charge in [-0.2, -0.15) is 26.3 Å². The van der Waals surface area contributed by atoms with Crippen LogP contribution in [0.1, 0.15) is 176 Å². The molecule has 31 N–H and O–H groups in total. The summed E-state index contributed by atoms with van der Waals surface area (Å²) in [5.41, 5.74) is 40.7. The lowest BCUT2D eigenvalue weighted by atomic mass is 9.84. The number of unbranched alkanes of at least 4 members (excludes halogenated alkanes) is 4. The first-order valence-corrected chi connectivity index (χ1v) is 43.1. The van der Waals surface area contributed by atoms with Gasteiger partial charge in [-0.1, -0.05) is 34.6 Å². The summed E-state index contributed by atoms with van der Waals surface area (Å²) in [4.78, 5) is 133. The number of alkyl halides is 6. The minimum atomic E-state index is -5.08. The molecule has 0 radical (unpaired) electrons. The second-order valence-corrected chi connectivity index (χ2v) is 33.8. The molecule has 0 spiro atoms. The predicted molar refractivity (Wildman–Crippen MR) is 477 cm³/mol. The van der Waals surface area contributed by atoms with E-state index in [-0.39, 0.29) is 163 Å². The lowest BCUT2D eigenvalue weighted by Gasteiger charge is -2.27. The van der Waals surface area contributed by atoms with Crippen molar-refractivity contribution in [3.05, 3.63) is 118 Å². The molecule has 674 valence electrons. The van der Waals surface area contributed by atoms with Gasteiger partial charge in [-0.25, -0.2) is 19.9 Å². The van der Waals surface area contributed by atoms with E-state index in [9.17, 15) is 64.7 Å². The number of nitrogens with one attached hydrogen (secondary N) is 15. The van der Waals surface area contributed by atoms with E-state index in [0.29, 0.717) is 115 Å². The van der Waals surface area contributed by atoms with Crippen LogP contribution in [0.4, 0.5) is 71.8 Å². The lowest BCUT2D eigenvalue weighted by Crippen LogP contribution is -2.35. The molecule has 0 unspecified atom stereocenters. The summed E-state index contributed by atoms with van der Waals surface area (Å²) in [6.07, 6.45) is -4.87. The van der Waals surface area contributed by atoms with Crippen LogP contribution in [0, 0.1) is 16.2 Å². The third kappa shape index (κ3) is 33.7. The number of guanidine groups is 4. The van der Waals surface area contributed by atoms with E-state index in [1.165, 1.54) is 29.6 Å². The van der Waals surface area contributed by atoms with E-state index in [1.54, 1.807) is 32.0 Å². The van der Waals surface area contributed by atoms with Gasteiger partial charge in [-0.05, 0) is 143 Å². The number of carbonyl (C=O) groups excluding carboxylic acids is 8. The quantitative estimate of drug-likeness (QED) is 0.00559. The van der Waals surface area contributed by atoms with Gasteiger partial charge in [0.15, 0.2) is 23.8 Å². The molecule has 0 atom stereocenters. The van der Waals surface area contributed by atoms with Crippen LogP contribution in [0.5, 0.6) is 0 Å². The molecule has 0 aliphatic heterocycles. The highest BCUT2D eigenvalue weighted by atomic mass is 32.2. The number of rotatable bonds is 47. The van der Waals surface area contributed by atoms with Crippen molar-refractivity contribution in [2.75, 3.05) is 124 Å². The first kappa shape index (κ1) is 102. The number of hydrogen-bond donors (Lipinski definition) is 23. The molecule has 0 fully saturated rings. The van der Waals surface area contributed by atoms with Gasteiger partial charge in [0.05, 0.1) is 82.8 Å². The average molecular weight is 1810 g/mol. The van der Waals surface area contributed by atoms with Gasteiger partial charge in [-0.3, -0.25) is 59.6 Å². The standard InChI is InChI=1S/C78H108F6N28O8S4/c1-75(2,3)43-30-47(105-59(113)14-6-10-18-85)63(121-26-22-96-71(89)90)51(31-43)109-67(117)55-38-56(102-41-101-55)68(118)110-52-33-44(32-48(106-60(114)15-7-11-19-86)64(52)122-27-23-97-72(91)92)76(4,5)40-100-74(95)99-25-29-124-66-50(108-62(116)17-9-13-21-88)35-46(78(82,83)84)37-54(66)112-70(120)58-39-57(103-42-104-58)69(119)111-53-36-45(77(79,80)81)34-49(107-61(115)16-8-12-20-87)65(53)123-28-24-98-73(93)94/h30-39,41-42H,6-29,40,85-88H2,1-5H3,(H,105,113)(H,106,114)(H,107,115)(H,108,116)(H,109,117)(H,110,118)(H,111,119)(H,112,120)(H4,89,90,96)(H4,91,92,97)(H4,93,94,98)(H3,95,99,100). The van der Waals surface area contributed by atoms with E-state index in [4.69, 9.17) is 62.1 Å². The number of anilines is 8. The fourth-order valence-electron chi connectivity index (χ4n) is 11.3. The maximum atomic E-state index is 14.9. The summed E-state index contributed by atoms with van der Waals surface area (Å²) in [5.74, 6) is -6.65. The van der Waals surface area contributed by atoms with Crippen molar-refractivity contribution >= 4 is 164 Å².